The molecule has 0 saturated heterocycles. The molecule has 0 aromatic heterocycles. The van der Waals surface area contributed by atoms with Crippen molar-refractivity contribution < 1.29 is 58.0 Å². The van der Waals surface area contributed by atoms with Gasteiger partial charge in [0.05, 0.1) is 46.0 Å². The molecule has 0 aliphatic heterocycles. The van der Waals surface area contributed by atoms with Gasteiger partial charge in [-0.25, -0.2) is 18.4 Å². The van der Waals surface area contributed by atoms with E-state index in [9.17, 15) is 39.6 Å². The smallest absolute Gasteiger partial charge is 0.109 e. The molecule has 4 N–H and O–H groups in total. The molecule has 1 aromatic rings. The molecule has 0 saturated carbocycles. The highest BCUT2D eigenvalue weighted by molar-refractivity contribution is 6.07. The fourth-order valence-electron chi connectivity index (χ4n) is 17.4. The Morgan fingerprint density at radius 2 is 0.289 bits per heavy atom. The number of nitrogens with one attached hydrogen (secondary N) is 4. The van der Waals surface area contributed by atoms with Crippen LogP contribution in [0.15, 0.2) is 12.1 Å². The van der Waals surface area contributed by atoms with Gasteiger partial charge in [0, 0.05) is 22.3 Å². The zero-order chi connectivity index (χ0) is 74.9. The van der Waals surface area contributed by atoms with Gasteiger partial charge < -0.3 is 39.6 Å². The molecule has 0 bridgehead atoms. The largest absolute Gasteiger partial charge is 0.545 e. The van der Waals surface area contributed by atoms with Gasteiger partial charge >= 0.3 is 0 Å². The van der Waals surface area contributed by atoms with E-state index in [1.54, 1.807) is 0 Å². The maximum Gasteiger partial charge on any atom is 0.109 e. The number of benzene rings is 1. The molecule has 0 heterocycles. The number of carbonyl (C=O) groups excluding carboxylic acids is 4. The van der Waals surface area contributed by atoms with Crippen molar-refractivity contribution in [3.05, 3.63) is 34.4 Å². The summed E-state index contributed by atoms with van der Waals surface area (Å²) in [5.41, 5.74) is 13.3. The van der Waals surface area contributed by atoms with E-state index in [2.05, 4.69) is 354 Å². The van der Waals surface area contributed by atoms with Crippen molar-refractivity contribution in [2.75, 3.05) is 0 Å². The zero-order valence-corrected chi connectivity index (χ0v) is 68.2. The van der Waals surface area contributed by atoms with Gasteiger partial charge in [0.25, 0.3) is 0 Å². The highest BCUT2D eigenvalue weighted by Crippen LogP contribution is 2.46. The molecular formula is C74H150N8O8. The van der Waals surface area contributed by atoms with Gasteiger partial charge in [-0.2, -0.15) is 21.7 Å². The van der Waals surface area contributed by atoms with Crippen molar-refractivity contribution in [2.45, 2.75) is 421 Å². The Morgan fingerprint density at radius 3 is 0.322 bits per heavy atom. The van der Waals surface area contributed by atoms with E-state index in [-0.39, 0.29) is 88.6 Å². The van der Waals surface area contributed by atoms with Crippen LogP contribution < -0.4 is 42.1 Å². The number of aromatic carboxylic acids is 4. The number of rotatable bonds is 8. The van der Waals surface area contributed by atoms with E-state index in [0.717, 1.165) is 18.4 Å². The lowest BCUT2D eigenvalue weighted by Crippen LogP contribution is -2.84. The minimum absolute atomic E-state index is 0.0772. The van der Waals surface area contributed by atoms with Crippen LogP contribution in [0.25, 0.3) is 0 Å². The minimum Gasteiger partial charge on any atom is -0.545 e. The van der Waals surface area contributed by atoms with Crippen LogP contribution in [0.4, 0.5) is 0 Å². The molecule has 0 unspecified atom stereocenters. The van der Waals surface area contributed by atoms with Gasteiger partial charge in [-0.3, -0.25) is 0 Å². The zero-order valence-electron chi connectivity index (χ0n) is 68.2. The number of carbonyl (C=O) groups is 4. The maximum atomic E-state index is 10.6. The molecule has 0 atom stereocenters. The molecule has 1 rings (SSSR count). The Balaban J connectivity index is -0.000000514. The number of hydrogen-bond donors (Lipinski definition) is 4. The molecule has 534 valence electrons. The summed E-state index contributed by atoms with van der Waals surface area (Å²) >= 11 is 0. The SMILES string of the molecule is CC(C)(C)N[N+](C(C)(C)C)(C(C)(C)C)C(C)(C)C.CC(C)(C)N[N+](C(C)(C)C)(C(C)(C)C)C(C)(C)C.CC(C)(C)N[N+](C(C)(C)C)(C(C)(C)C)C(C)(C)C.CC(C)(C)N[N+](C(C)(C)C)(C(C)(C)C)C(C)(C)C.O=C([O-])c1cc(C(=O)[O-])c(C(=O)[O-])cc1C(=O)[O-]. The van der Waals surface area contributed by atoms with Crippen molar-refractivity contribution in [1.29, 1.82) is 0 Å². The molecule has 0 fully saturated rings. The molecule has 16 heteroatoms. The third-order valence-electron chi connectivity index (χ3n) is 16.1. The highest BCUT2D eigenvalue weighted by Gasteiger charge is 2.62. The van der Waals surface area contributed by atoms with Crippen LogP contribution in [0.5, 0.6) is 0 Å². The van der Waals surface area contributed by atoms with Crippen LogP contribution in [0.1, 0.15) is 374 Å². The molecule has 0 aliphatic rings. The standard InChI is InChI=1S/4C16H37N2.C10H6O8/c4*1-13(2,3)17-18(14(4,5)6,15(7,8)9)16(10,11)12;11-7(12)3-1-4(8(13)14)6(10(17)18)2-5(3)9(15)16/h4*17H,1-12H3;1-2H,(H,11,12)(H,13,14)(H,15,16)(H,17,18)/q4*+1;/p-4. The van der Waals surface area contributed by atoms with Crippen LogP contribution in [0.2, 0.25) is 0 Å². The van der Waals surface area contributed by atoms with Gasteiger partial charge in [-0.05, 0) is 344 Å². The fraction of sp³-hybridized carbons (Fsp3) is 0.865. The molecule has 90 heavy (non-hydrogen) atoms. The quantitative estimate of drug-likeness (QED) is 0.142. The van der Waals surface area contributed by atoms with E-state index in [0.29, 0.717) is 12.1 Å². The summed E-state index contributed by atoms with van der Waals surface area (Å²) < 4.78 is 3.49. The highest BCUT2D eigenvalue weighted by atomic mass is 16.4. The Kier molecular flexibility index (Phi) is 29.6. The van der Waals surface area contributed by atoms with E-state index >= 15 is 0 Å². The first-order chi connectivity index (χ1) is 38.1. The Hall–Kier alpha value is -3.22. The first kappa shape index (κ1) is 93.2. The first-order valence-electron chi connectivity index (χ1n) is 32.9. The Bertz CT molecular complexity index is 2010. The number of nitrogens with zero attached hydrogens (tertiary/aromatic N) is 4. The van der Waals surface area contributed by atoms with Gasteiger partial charge in [0.15, 0.2) is 0 Å². The number of carboxylic acids is 4. The molecule has 0 radical (unpaired) electrons. The maximum absolute atomic E-state index is 10.6. The van der Waals surface area contributed by atoms with Crippen LogP contribution >= 0.6 is 0 Å². The molecule has 0 amide bonds. The summed E-state index contributed by atoms with van der Waals surface area (Å²) in [6, 6.07) is 0.613. The molecule has 1 aromatic carbocycles. The second-order valence-corrected chi connectivity index (χ2v) is 41.3. The Labute approximate surface area is 556 Å². The molecule has 0 aliphatic carbocycles. The van der Waals surface area contributed by atoms with Crippen molar-refractivity contribution in [3.63, 3.8) is 0 Å². The lowest BCUT2D eigenvalue weighted by molar-refractivity contribution is -1.09. The van der Waals surface area contributed by atoms with Crippen molar-refractivity contribution in [1.82, 2.24) is 21.7 Å². The van der Waals surface area contributed by atoms with Gasteiger partial charge in [-0.1, -0.05) is 0 Å². The lowest BCUT2D eigenvalue weighted by Gasteiger charge is -2.64. The van der Waals surface area contributed by atoms with E-state index in [1.165, 1.54) is 0 Å². The number of hydrogen-bond acceptors (Lipinski definition) is 12. The van der Waals surface area contributed by atoms with Crippen molar-refractivity contribution in [3.8, 4) is 0 Å². The normalized spacial score (nSPS) is 14.8. The monoisotopic (exact) mass is 1280 g/mol. The summed E-state index contributed by atoms with van der Waals surface area (Å²) in [6.07, 6.45) is 0. The average Bonchev–Trinajstić information content (AvgIpc) is 3.16. The first-order valence-corrected chi connectivity index (χ1v) is 32.9. The minimum atomic E-state index is -2.00. The van der Waals surface area contributed by atoms with Crippen molar-refractivity contribution >= 4 is 23.9 Å². The molecule has 0 spiro atoms. The van der Waals surface area contributed by atoms with Crippen LogP contribution in [-0.2, 0) is 0 Å². The number of quaternary nitrogens is 4. The lowest BCUT2D eigenvalue weighted by atomic mass is 9.84. The summed E-state index contributed by atoms with van der Waals surface area (Å²) in [7, 11) is 0. The summed E-state index contributed by atoms with van der Waals surface area (Å²) in [5, 5.41) is 42.4. The summed E-state index contributed by atoms with van der Waals surface area (Å²) in [5.74, 6) is -7.99. The van der Waals surface area contributed by atoms with Crippen LogP contribution in [-0.4, -0.2) is 131 Å². The predicted octanol–water partition coefficient (Wildman–Crippen LogP) is 13.1. The Morgan fingerprint density at radius 1 is 0.211 bits per heavy atom. The van der Waals surface area contributed by atoms with E-state index in [1.807, 2.05) is 0 Å². The van der Waals surface area contributed by atoms with E-state index < -0.39 is 46.1 Å². The summed E-state index contributed by atoms with van der Waals surface area (Å²) in [4.78, 5) is 42.4. The van der Waals surface area contributed by atoms with E-state index in [4.69, 9.17) is 0 Å². The molecular weight excluding hydrogens is 1130 g/mol. The van der Waals surface area contributed by atoms with Gasteiger partial charge in [0.1, 0.15) is 66.5 Å². The average molecular weight is 1280 g/mol. The topological polar surface area (TPSA) is 209 Å². The molecule has 16 nitrogen and oxygen atoms in total. The second-order valence-electron chi connectivity index (χ2n) is 41.3. The van der Waals surface area contributed by atoms with Crippen LogP contribution in [0.3, 0.4) is 0 Å². The van der Waals surface area contributed by atoms with Gasteiger partial charge in [-0.15, -0.1) is 0 Å². The van der Waals surface area contributed by atoms with Crippen molar-refractivity contribution in [2.24, 2.45) is 0 Å². The predicted molar refractivity (Wildman–Crippen MR) is 373 cm³/mol. The third kappa shape index (κ3) is 23.0. The summed E-state index contributed by atoms with van der Waals surface area (Å²) in [6.45, 7) is 111. The second kappa shape index (κ2) is 28.6. The van der Waals surface area contributed by atoms with Gasteiger partial charge in [0.2, 0.25) is 0 Å². The third-order valence-corrected chi connectivity index (χ3v) is 16.1. The fourth-order valence-corrected chi connectivity index (χ4v) is 17.4. The van der Waals surface area contributed by atoms with Crippen LogP contribution in [0, 0.1) is 0 Å². The number of carboxylic acid groups (broad SMARTS) is 4.